The number of hydrogen-bond acceptors (Lipinski definition) is 3. The van der Waals surface area contributed by atoms with Crippen LogP contribution in [0.5, 0.6) is 0 Å². The van der Waals surface area contributed by atoms with Crippen molar-refractivity contribution in [3.8, 4) is 0 Å². The maximum Gasteiger partial charge on any atom is 0.335 e. The van der Waals surface area contributed by atoms with E-state index >= 15 is 0 Å². The maximum absolute atomic E-state index is 10.8. The minimum Gasteiger partial charge on any atom is -0.478 e. The van der Waals surface area contributed by atoms with Gasteiger partial charge in [-0.2, -0.15) is 0 Å². The first-order valence-electron chi connectivity index (χ1n) is 7.35. The molecule has 2 rings (SSSR count). The number of aliphatic hydroxyl groups is 1. The van der Waals surface area contributed by atoms with Gasteiger partial charge in [-0.15, -0.1) is 0 Å². The SMILES string of the molecule is CC(c1ccc(Cl)cc1)N(C)CC(O)c1ccc(C(=O)O)cc1. The lowest BCUT2D eigenvalue weighted by atomic mass is 10.0. The Morgan fingerprint density at radius 2 is 1.61 bits per heavy atom. The second kappa shape index (κ2) is 7.59. The van der Waals surface area contributed by atoms with Crippen molar-refractivity contribution in [3.63, 3.8) is 0 Å². The molecule has 0 spiro atoms. The first kappa shape index (κ1) is 17.5. The van der Waals surface area contributed by atoms with E-state index in [1.807, 2.05) is 36.2 Å². The van der Waals surface area contributed by atoms with Crippen LogP contribution >= 0.6 is 11.6 Å². The Morgan fingerprint density at radius 3 is 2.13 bits per heavy atom. The predicted octanol–water partition coefficient (Wildman–Crippen LogP) is 3.76. The van der Waals surface area contributed by atoms with Crippen LogP contribution in [0, 0.1) is 0 Å². The molecule has 2 aromatic rings. The molecule has 2 atom stereocenters. The van der Waals surface area contributed by atoms with Crippen molar-refractivity contribution in [1.82, 2.24) is 4.90 Å². The normalized spacial score (nSPS) is 13.8. The lowest BCUT2D eigenvalue weighted by molar-refractivity contribution is 0.0696. The summed E-state index contributed by atoms with van der Waals surface area (Å²) in [4.78, 5) is 12.9. The predicted molar refractivity (Wildman–Crippen MR) is 90.9 cm³/mol. The lowest BCUT2D eigenvalue weighted by Gasteiger charge is -2.27. The number of aliphatic hydroxyl groups excluding tert-OH is 1. The van der Waals surface area contributed by atoms with Crippen LogP contribution in [-0.4, -0.2) is 34.7 Å². The number of carboxylic acids is 1. The molecular weight excluding hydrogens is 314 g/mol. The summed E-state index contributed by atoms with van der Waals surface area (Å²) in [6.07, 6.45) is -0.683. The van der Waals surface area contributed by atoms with Crippen LogP contribution in [0.4, 0.5) is 0 Å². The molecule has 0 amide bonds. The highest BCUT2D eigenvalue weighted by Crippen LogP contribution is 2.23. The highest BCUT2D eigenvalue weighted by molar-refractivity contribution is 6.30. The standard InChI is InChI=1S/C18H20ClNO3/c1-12(13-7-9-16(19)10-8-13)20(2)11-17(21)14-3-5-15(6-4-14)18(22)23/h3-10,12,17,21H,11H2,1-2H3,(H,22,23). The van der Waals surface area contributed by atoms with Crippen LogP contribution in [0.3, 0.4) is 0 Å². The molecule has 0 bridgehead atoms. The van der Waals surface area contributed by atoms with Crippen molar-refractivity contribution in [2.75, 3.05) is 13.6 Å². The summed E-state index contributed by atoms with van der Waals surface area (Å²) in [6.45, 7) is 2.50. The quantitative estimate of drug-likeness (QED) is 0.845. The fourth-order valence-corrected chi connectivity index (χ4v) is 2.51. The monoisotopic (exact) mass is 333 g/mol. The van der Waals surface area contributed by atoms with Gasteiger partial charge in [0.25, 0.3) is 0 Å². The van der Waals surface area contributed by atoms with Gasteiger partial charge in [-0.1, -0.05) is 35.9 Å². The van der Waals surface area contributed by atoms with Gasteiger partial charge < -0.3 is 10.2 Å². The van der Waals surface area contributed by atoms with Gasteiger partial charge >= 0.3 is 5.97 Å². The summed E-state index contributed by atoms with van der Waals surface area (Å²) >= 11 is 5.90. The largest absolute Gasteiger partial charge is 0.478 e. The summed E-state index contributed by atoms with van der Waals surface area (Å²) in [5, 5.41) is 19.9. The van der Waals surface area contributed by atoms with E-state index in [1.165, 1.54) is 12.1 Å². The fourth-order valence-electron chi connectivity index (χ4n) is 2.38. The van der Waals surface area contributed by atoms with Crippen LogP contribution in [-0.2, 0) is 0 Å². The third-order valence-corrected chi connectivity index (χ3v) is 4.27. The molecule has 0 saturated carbocycles. The van der Waals surface area contributed by atoms with Gasteiger partial charge in [-0.3, -0.25) is 4.90 Å². The number of carbonyl (C=O) groups is 1. The van der Waals surface area contributed by atoms with E-state index in [1.54, 1.807) is 12.1 Å². The van der Waals surface area contributed by atoms with Gasteiger partial charge in [-0.05, 0) is 49.4 Å². The second-order valence-corrected chi connectivity index (χ2v) is 6.05. The molecule has 0 aliphatic rings. The molecular formula is C18H20ClNO3. The summed E-state index contributed by atoms with van der Waals surface area (Å²) in [5.74, 6) is -0.973. The Kier molecular flexibility index (Phi) is 5.77. The number of benzene rings is 2. The molecule has 0 aliphatic carbocycles. The van der Waals surface area contributed by atoms with Gasteiger partial charge in [0.05, 0.1) is 11.7 Å². The van der Waals surface area contributed by atoms with Crippen molar-refractivity contribution < 1.29 is 15.0 Å². The van der Waals surface area contributed by atoms with Crippen molar-refractivity contribution in [3.05, 3.63) is 70.2 Å². The molecule has 0 fully saturated rings. The first-order chi connectivity index (χ1) is 10.9. The molecule has 23 heavy (non-hydrogen) atoms. The molecule has 0 aliphatic heterocycles. The van der Waals surface area contributed by atoms with E-state index in [9.17, 15) is 9.90 Å². The summed E-state index contributed by atoms with van der Waals surface area (Å²) in [5.41, 5.74) is 2.03. The van der Waals surface area contributed by atoms with Gasteiger partial charge in [0.15, 0.2) is 0 Å². The molecule has 0 saturated heterocycles. The molecule has 5 heteroatoms. The Labute approximate surface area is 140 Å². The summed E-state index contributed by atoms with van der Waals surface area (Å²) in [7, 11) is 1.94. The van der Waals surface area contributed by atoms with Gasteiger partial charge in [-0.25, -0.2) is 4.79 Å². The Hall–Kier alpha value is -1.88. The molecule has 0 radical (unpaired) electrons. The van der Waals surface area contributed by atoms with Crippen LogP contribution in [0.25, 0.3) is 0 Å². The van der Waals surface area contributed by atoms with Crippen molar-refractivity contribution >= 4 is 17.6 Å². The smallest absolute Gasteiger partial charge is 0.335 e. The number of likely N-dealkylation sites (N-methyl/N-ethyl adjacent to an activating group) is 1. The van der Waals surface area contributed by atoms with E-state index in [-0.39, 0.29) is 11.6 Å². The molecule has 2 unspecified atom stereocenters. The van der Waals surface area contributed by atoms with Crippen LogP contribution in [0.1, 0.15) is 40.6 Å². The number of hydrogen-bond donors (Lipinski definition) is 2. The molecule has 0 heterocycles. The number of carboxylic acid groups (broad SMARTS) is 1. The molecule has 4 nitrogen and oxygen atoms in total. The third-order valence-electron chi connectivity index (χ3n) is 4.02. The molecule has 0 aromatic heterocycles. The highest BCUT2D eigenvalue weighted by Gasteiger charge is 2.17. The topological polar surface area (TPSA) is 60.8 Å². The minimum absolute atomic E-state index is 0.125. The van der Waals surface area contributed by atoms with E-state index in [0.717, 1.165) is 5.56 Å². The molecule has 2 aromatic carbocycles. The van der Waals surface area contributed by atoms with Crippen molar-refractivity contribution in [2.24, 2.45) is 0 Å². The van der Waals surface area contributed by atoms with Gasteiger partial charge in [0.2, 0.25) is 0 Å². The molecule has 122 valence electrons. The number of halogens is 1. The van der Waals surface area contributed by atoms with Crippen molar-refractivity contribution in [2.45, 2.75) is 19.1 Å². The summed E-state index contributed by atoms with van der Waals surface area (Å²) < 4.78 is 0. The van der Waals surface area contributed by atoms with Crippen LogP contribution in [0.2, 0.25) is 5.02 Å². The zero-order valence-corrected chi connectivity index (χ0v) is 13.9. The Balaban J connectivity index is 2.02. The van der Waals surface area contributed by atoms with Crippen LogP contribution in [0.15, 0.2) is 48.5 Å². The van der Waals surface area contributed by atoms with E-state index < -0.39 is 12.1 Å². The Bertz CT molecular complexity index is 655. The number of aromatic carboxylic acids is 1. The fraction of sp³-hybridized carbons (Fsp3) is 0.278. The zero-order chi connectivity index (χ0) is 17.0. The second-order valence-electron chi connectivity index (χ2n) is 5.61. The minimum atomic E-state index is -0.973. The average molecular weight is 334 g/mol. The van der Waals surface area contributed by atoms with E-state index in [2.05, 4.69) is 6.92 Å². The van der Waals surface area contributed by atoms with Gasteiger partial charge in [0.1, 0.15) is 0 Å². The number of nitrogens with zero attached hydrogens (tertiary/aromatic N) is 1. The number of rotatable bonds is 6. The maximum atomic E-state index is 10.8. The Morgan fingerprint density at radius 1 is 1.09 bits per heavy atom. The third kappa shape index (κ3) is 4.55. The average Bonchev–Trinajstić information content (AvgIpc) is 2.54. The van der Waals surface area contributed by atoms with E-state index in [0.29, 0.717) is 17.1 Å². The first-order valence-corrected chi connectivity index (χ1v) is 7.73. The highest BCUT2D eigenvalue weighted by atomic mass is 35.5. The molecule has 2 N–H and O–H groups in total. The summed E-state index contributed by atoms with van der Waals surface area (Å²) in [6, 6.07) is 14.1. The van der Waals surface area contributed by atoms with Gasteiger partial charge in [0, 0.05) is 17.6 Å². The zero-order valence-electron chi connectivity index (χ0n) is 13.1. The van der Waals surface area contributed by atoms with E-state index in [4.69, 9.17) is 16.7 Å². The lowest BCUT2D eigenvalue weighted by Crippen LogP contribution is -2.27. The van der Waals surface area contributed by atoms with Crippen molar-refractivity contribution in [1.29, 1.82) is 0 Å². The van der Waals surface area contributed by atoms with Crippen LogP contribution < -0.4 is 0 Å².